The predicted molar refractivity (Wildman–Crippen MR) is 82.0 cm³/mol. The molecule has 0 bridgehead atoms. The fourth-order valence-corrected chi connectivity index (χ4v) is 2.48. The predicted octanol–water partition coefficient (Wildman–Crippen LogP) is 3.08. The van der Waals surface area contributed by atoms with Gasteiger partial charge in [-0.2, -0.15) is 0 Å². The van der Waals surface area contributed by atoms with Gasteiger partial charge in [0.15, 0.2) is 0 Å². The molecule has 106 valence electrons. The third kappa shape index (κ3) is 2.80. The van der Waals surface area contributed by atoms with E-state index in [1.807, 2.05) is 54.6 Å². The summed E-state index contributed by atoms with van der Waals surface area (Å²) in [6.07, 6.45) is 1.77. The Labute approximate surface area is 122 Å². The van der Waals surface area contributed by atoms with Crippen LogP contribution < -0.4 is 5.32 Å². The second-order valence-corrected chi connectivity index (χ2v) is 4.93. The van der Waals surface area contributed by atoms with Gasteiger partial charge in [0.25, 0.3) is 0 Å². The summed E-state index contributed by atoms with van der Waals surface area (Å²) in [4.78, 5) is 14.7. The van der Waals surface area contributed by atoms with Crippen molar-refractivity contribution in [1.82, 2.24) is 10.3 Å². The van der Waals surface area contributed by atoms with Gasteiger partial charge in [0.1, 0.15) is 6.04 Å². The molecule has 0 aliphatic carbocycles. The number of para-hydroxylation sites is 1. The lowest BCUT2D eigenvalue weighted by atomic mass is 10.1. The standard InChI is InChI=1S/C17H16N2O2/c20-17(21)16(19-10-12-6-2-1-3-7-12)14-11-18-15-9-5-4-8-13(14)15/h1-9,11,16,18-19H,10H2,(H,20,21). The van der Waals surface area contributed by atoms with E-state index in [-0.39, 0.29) is 0 Å². The number of nitrogens with one attached hydrogen (secondary N) is 2. The molecular weight excluding hydrogens is 264 g/mol. The van der Waals surface area contributed by atoms with Crippen LogP contribution in [0.5, 0.6) is 0 Å². The van der Waals surface area contributed by atoms with Gasteiger partial charge < -0.3 is 10.1 Å². The molecule has 0 aliphatic rings. The minimum absolute atomic E-state index is 0.511. The van der Waals surface area contributed by atoms with Crippen molar-refractivity contribution in [2.75, 3.05) is 0 Å². The summed E-state index contributed by atoms with van der Waals surface area (Å²) in [6.45, 7) is 0.511. The number of carboxylic acids is 1. The molecule has 0 amide bonds. The van der Waals surface area contributed by atoms with Gasteiger partial charge in [-0.3, -0.25) is 10.1 Å². The summed E-state index contributed by atoms with van der Waals surface area (Å²) in [7, 11) is 0. The summed E-state index contributed by atoms with van der Waals surface area (Å²) >= 11 is 0. The Kier molecular flexibility index (Phi) is 3.71. The molecule has 2 aromatic carbocycles. The number of carbonyl (C=O) groups is 1. The van der Waals surface area contributed by atoms with Crippen molar-refractivity contribution >= 4 is 16.9 Å². The highest BCUT2D eigenvalue weighted by Gasteiger charge is 2.22. The SMILES string of the molecule is O=C(O)C(NCc1ccccc1)c1c[nH]c2ccccc12. The molecule has 1 aromatic heterocycles. The van der Waals surface area contributed by atoms with Crippen LogP contribution in [0.1, 0.15) is 17.2 Å². The Bertz CT molecular complexity index is 750. The molecule has 1 unspecified atom stereocenters. The quantitative estimate of drug-likeness (QED) is 0.673. The maximum absolute atomic E-state index is 11.6. The lowest BCUT2D eigenvalue weighted by Gasteiger charge is -2.14. The number of aliphatic carboxylic acids is 1. The number of hydrogen-bond donors (Lipinski definition) is 3. The molecule has 21 heavy (non-hydrogen) atoms. The van der Waals surface area contributed by atoms with Crippen molar-refractivity contribution in [3.8, 4) is 0 Å². The molecule has 0 radical (unpaired) electrons. The summed E-state index contributed by atoms with van der Waals surface area (Å²) in [5.74, 6) is -0.879. The summed E-state index contributed by atoms with van der Waals surface area (Å²) < 4.78 is 0. The highest BCUT2D eigenvalue weighted by atomic mass is 16.4. The number of rotatable bonds is 5. The number of H-pyrrole nitrogens is 1. The monoisotopic (exact) mass is 280 g/mol. The highest BCUT2D eigenvalue weighted by Crippen LogP contribution is 2.24. The van der Waals surface area contributed by atoms with Crippen LogP contribution in [0.2, 0.25) is 0 Å². The average molecular weight is 280 g/mol. The van der Waals surface area contributed by atoms with E-state index in [1.165, 1.54) is 0 Å². The number of fused-ring (bicyclic) bond motifs is 1. The summed E-state index contributed by atoms with van der Waals surface area (Å²) in [5.41, 5.74) is 2.76. The number of carboxylic acid groups (broad SMARTS) is 1. The molecule has 0 saturated heterocycles. The normalized spacial score (nSPS) is 12.4. The number of hydrogen-bond acceptors (Lipinski definition) is 2. The van der Waals surface area contributed by atoms with Gasteiger partial charge in [-0.25, -0.2) is 0 Å². The Morgan fingerprint density at radius 1 is 1.10 bits per heavy atom. The van der Waals surface area contributed by atoms with Crippen molar-refractivity contribution in [1.29, 1.82) is 0 Å². The maximum Gasteiger partial charge on any atom is 0.325 e. The highest BCUT2D eigenvalue weighted by molar-refractivity contribution is 5.89. The van der Waals surface area contributed by atoms with E-state index >= 15 is 0 Å². The molecule has 3 N–H and O–H groups in total. The zero-order valence-electron chi connectivity index (χ0n) is 11.4. The van der Waals surface area contributed by atoms with Crippen LogP contribution in [-0.4, -0.2) is 16.1 Å². The summed E-state index contributed by atoms with van der Waals surface area (Å²) in [5, 5.41) is 13.6. The van der Waals surface area contributed by atoms with Crippen LogP contribution in [0, 0.1) is 0 Å². The lowest BCUT2D eigenvalue weighted by Crippen LogP contribution is -2.27. The Hall–Kier alpha value is -2.59. The van der Waals surface area contributed by atoms with Crippen LogP contribution in [-0.2, 0) is 11.3 Å². The fourth-order valence-electron chi connectivity index (χ4n) is 2.48. The second-order valence-electron chi connectivity index (χ2n) is 4.93. The van der Waals surface area contributed by atoms with E-state index in [2.05, 4.69) is 10.3 Å². The van der Waals surface area contributed by atoms with Gasteiger partial charge >= 0.3 is 5.97 Å². The zero-order chi connectivity index (χ0) is 14.7. The van der Waals surface area contributed by atoms with Crippen LogP contribution in [0.25, 0.3) is 10.9 Å². The van der Waals surface area contributed by atoms with Gasteiger partial charge in [-0.15, -0.1) is 0 Å². The first-order valence-corrected chi connectivity index (χ1v) is 6.82. The summed E-state index contributed by atoms with van der Waals surface area (Å²) in [6, 6.07) is 16.8. The van der Waals surface area contributed by atoms with Gasteiger partial charge in [-0.05, 0) is 11.6 Å². The molecule has 1 atom stereocenters. The maximum atomic E-state index is 11.6. The second kappa shape index (κ2) is 5.81. The van der Waals surface area contributed by atoms with Crippen molar-refractivity contribution in [2.24, 2.45) is 0 Å². The molecule has 0 saturated carbocycles. The number of benzene rings is 2. The molecule has 4 heteroatoms. The van der Waals surface area contributed by atoms with Gasteiger partial charge in [0, 0.05) is 29.2 Å². The largest absolute Gasteiger partial charge is 0.480 e. The van der Waals surface area contributed by atoms with Gasteiger partial charge in [0.05, 0.1) is 0 Å². The molecule has 0 fully saturated rings. The average Bonchev–Trinajstić information content (AvgIpc) is 2.92. The molecule has 3 rings (SSSR count). The Balaban J connectivity index is 1.86. The molecule has 0 aliphatic heterocycles. The van der Waals surface area contributed by atoms with Gasteiger partial charge in [-0.1, -0.05) is 48.5 Å². The zero-order valence-corrected chi connectivity index (χ0v) is 11.4. The molecule has 1 heterocycles. The minimum Gasteiger partial charge on any atom is -0.480 e. The van der Waals surface area contributed by atoms with E-state index in [0.717, 1.165) is 22.0 Å². The van der Waals surface area contributed by atoms with Crippen molar-refractivity contribution in [2.45, 2.75) is 12.6 Å². The fraction of sp³-hybridized carbons (Fsp3) is 0.118. The van der Waals surface area contributed by atoms with Crippen molar-refractivity contribution < 1.29 is 9.90 Å². The van der Waals surface area contributed by atoms with Crippen molar-refractivity contribution in [3.63, 3.8) is 0 Å². The van der Waals surface area contributed by atoms with Crippen LogP contribution in [0.3, 0.4) is 0 Å². The van der Waals surface area contributed by atoms with E-state index < -0.39 is 12.0 Å². The first-order valence-electron chi connectivity index (χ1n) is 6.82. The van der Waals surface area contributed by atoms with E-state index in [0.29, 0.717) is 6.54 Å². The number of aromatic nitrogens is 1. The molecule has 4 nitrogen and oxygen atoms in total. The van der Waals surface area contributed by atoms with Crippen LogP contribution >= 0.6 is 0 Å². The first-order chi connectivity index (χ1) is 10.3. The third-order valence-corrected chi connectivity index (χ3v) is 3.53. The lowest BCUT2D eigenvalue weighted by molar-refractivity contribution is -0.139. The third-order valence-electron chi connectivity index (χ3n) is 3.53. The minimum atomic E-state index is -0.879. The molecular formula is C17H16N2O2. The number of aromatic amines is 1. The Morgan fingerprint density at radius 3 is 2.57 bits per heavy atom. The molecule has 0 spiro atoms. The van der Waals surface area contributed by atoms with Crippen LogP contribution in [0.15, 0.2) is 60.8 Å². The topological polar surface area (TPSA) is 65.1 Å². The first kappa shape index (κ1) is 13.4. The Morgan fingerprint density at radius 2 is 1.81 bits per heavy atom. The van der Waals surface area contributed by atoms with E-state index in [9.17, 15) is 9.90 Å². The van der Waals surface area contributed by atoms with E-state index in [1.54, 1.807) is 6.20 Å². The van der Waals surface area contributed by atoms with Crippen molar-refractivity contribution in [3.05, 3.63) is 71.9 Å². The van der Waals surface area contributed by atoms with Crippen LogP contribution in [0.4, 0.5) is 0 Å². The van der Waals surface area contributed by atoms with Gasteiger partial charge in [0.2, 0.25) is 0 Å². The van der Waals surface area contributed by atoms with E-state index in [4.69, 9.17) is 0 Å². The molecule has 3 aromatic rings. The smallest absolute Gasteiger partial charge is 0.325 e.